The number of hydrogen-bond donors (Lipinski definition) is 1. The van der Waals surface area contributed by atoms with Crippen molar-refractivity contribution in [2.45, 2.75) is 24.9 Å². The average molecular weight is 569 g/mol. The van der Waals surface area contributed by atoms with Crippen LogP contribution in [0, 0.1) is 18.3 Å². The van der Waals surface area contributed by atoms with Gasteiger partial charge in [0.1, 0.15) is 5.54 Å². The van der Waals surface area contributed by atoms with Crippen LogP contribution in [0.25, 0.3) is 0 Å². The van der Waals surface area contributed by atoms with Gasteiger partial charge < -0.3 is 10.0 Å². The molecular weight excluding hydrogens is 547 g/mol. The fraction of sp³-hybridized carbons (Fsp3) is 0.259. The minimum atomic E-state index is -1.27. The summed E-state index contributed by atoms with van der Waals surface area (Å²) in [6.45, 7) is 2.76. The fourth-order valence-electron chi connectivity index (χ4n) is 5.48. The zero-order valence-corrected chi connectivity index (χ0v) is 22.8. The van der Waals surface area contributed by atoms with E-state index in [4.69, 9.17) is 23.2 Å². The number of nitriles is 1. The molecule has 0 unspecified atom stereocenters. The van der Waals surface area contributed by atoms with Crippen molar-refractivity contribution in [2.24, 2.45) is 0 Å². The van der Waals surface area contributed by atoms with Crippen molar-refractivity contribution in [2.75, 3.05) is 25.0 Å². The maximum Gasteiger partial charge on any atom is 0.336 e. The number of halogens is 2. The van der Waals surface area contributed by atoms with E-state index < -0.39 is 29.4 Å². The van der Waals surface area contributed by atoms with Crippen LogP contribution in [0.3, 0.4) is 0 Å². The van der Waals surface area contributed by atoms with E-state index >= 15 is 0 Å². The van der Waals surface area contributed by atoms with E-state index in [1.165, 1.54) is 34.4 Å². The number of rotatable bonds is 5. The molecular formula is C27H22Cl2N4O4S. The largest absolute Gasteiger partial charge is 0.478 e. The van der Waals surface area contributed by atoms with Gasteiger partial charge in [-0.1, -0.05) is 35.3 Å². The molecule has 3 heterocycles. The van der Waals surface area contributed by atoms with Crippen LogP contribution >= 0.6 is 34.5 Å². The van der Waals surface area contributed by atoms with E-state index in [-0.39, 0.29) is 17.8 Å². The fourth-order valence-corrected chi connectivity index (χ4v) is 7.06. The molecule has 3 amide bonds. The van der Waals surface area contributed by atoms with E-state index in [2.05, 4.69) is 6.07 Å². The zero-order valence-electron chi connectivity index (χ0n) is 20.4. The number of carboxylic acids is 1. The second-order valence-electron chi connectivity index (χ2n) is 9.49. The molecule has 0 bridgehead atoms. The third kappa shape index (κ3) is 4.24. The molecule has 2 fully saturated rings. The van der Waals surface area contributed by atoms with Crippen LogP contribution in [0.1, 0.15) is 37.2 Å². The molecule has 1 aromatic heterocycles. The maximum atomic E-state index is 14.3. The van der Waals surface area contributed by atoms with E-state index in [9.17, 15) is 24.8 Å². The molecule has 2 aromatic carbocycles. The average Bonchev–Trinajstić information content (AvgIpc) is 3.49. The Hall–Kier alpha value is -3.42. The number of aryl methyl sites for hydroxylation is 1. The number of carbonyl (C=O) groups is 3. The van der Waals surface area contributed by atoms with Crippen molar-refractivity contribution in [3.8, 4) is 6.07 Å². The Morgan fingerprint density at radius 1 is 1.16 bits per heavy atom. The first-order valence-corrected chi connectivity index (χ1v) is 13.3. The minimum absolute atomic E-state index is 0.194. The van der Waals surface area contributed by atoms with E-state index in [1.54, 1.807) is 37.4 Å². The number of likely N-dealkylation sites (tertiary alicyclic amines) is 1. The third-order valence-electron chi connectivity index (χ3n) is 7.21. The number of urea groups is 1. The quantitative estimate of drug-likeness (QED) is 0.415. The second kappa shape index (κ2) is 9.71. The number of likely N-dealkylation sites (N-methyl/N-ethyl adjacent to an activating group) is 1. The first-order valence-electron chi connectivity index (χ1n) is 11.7. The lowest BCUT2D eigenvalue weighted by atomic mass is 9.80. The van der Waals surface area contributed by atoms with Crippen molar-refractivity contribution in [1.82, 2.24) is 9.80 Å². The van der Waals surface area contributed by atoms with Gasteiger partial charge in [-0.05, 0) is 48.9 Å². The van der Waals surface area contributed by atoms with Crippen LogP contribution in [0.2, 0.25) is 10.0 Å². The van der Waals surface area contributed by atoms with Crippen molar-refractivity contribution in [3.05, 3.63) is 85.0 Å². The highest BCUT2D eigenvalue weighted by atomic mass is 35.5. The standard InChI is InChI=1S/C27H22Cl2N4O4S/c1-15-7-21(24(34)35)23(38-15)13-32-12-22(17-5-3-16(11-30)4-6-17)27(14-32)25(36)33(26(37)31(27)2)20-9-18(28)8-19(29)10-20/h3-10,22H,12-14H2,1-2H3,(H,34,35)/t22-,27+/m0/s1. The number of imide groups is 1. The molecule has 2 saturated heterocycles. The highest BCUT2D eigenvalue weighted by Gasteiger charge is 2.64. The van der Waals surface area contributed by atoms with Crippen molar-refractivity contribution >= 4 is 58.1 Å². The van der Waals surface area contributed by atoms with Crippen molar-refractivity contribution < 1.29 is 19.5 Å². The van der Waals surface area contributed by atoms with Crippen LogP contribution < -0.4 is 4.90 Å². The Labute approximate surface area is 233 Å². The molecule has 5 rings (SSSR count). The summed E-state index contributed by atoms with van der Waals surface area (Å²) in [6.07, 6.45) is 0. The molecule has 194 valence electrons. The van der Waals surface area contributed by atoms with Crippen LogP contribution in [0.15, 0.2) is 48.5 Å². The molecule has 2 aliphatic rings. The predicted octanol–water partition coefficient (Wildman–Crippen LogP) is 5.37. The topological polar surface area (TPSA) is 105 Å². The number of amides is 3. The molecule has 38 heavy (non-hydrogen) atoms. The normalized spacial score (nSPS) is 21.5. The van der Waals surface area contributed by atoms with Crippen molar-refractivity contribution in [1.29, 1.82) is 5.26 Å². The number of anilines is 1. The number of carboxylic acid groups (broad SMARTS) is 1. The lowest BCUT2D eigenvalue weighted by Crippen LogP contribution is -2.53. The van der Waals surface area contributed by atoms with Gasteiger partial charge in [0.25, 0.3) is 5.91 Å². The summed E-state index contributed by atoms with van der Waals surface area (Å²) in [5.74, 6) is -1.86. The van der Waals surface area contributed by atoms with Crippen LogP contribution in [-0.4, -0.2) is 58.5 Å². The van der Waals surface area contributed by atoms with Gasteiger partial charge in [-0.3, -0.25) is 9.69 Å². The maximum absolute atomic E-state index is 14.3. The predicted molar refractivity (Wildman–Crippen MR) is 145 cm³/mol. The number of hydrogen-bond acceptors (Lipinski definition) is 6. The van der Waals surface area contributed by atoms with E-state index in [0.29, 0.717) is 33.6 Å². The molecule has 0 saturated carbocycles. The van der Waals surface area contributed by atoms with Crippen molar-refractivity contribution in [3.63, 3.8) is 0 Å². The first-order chi connectivity index (χ1) is 18.0. The summed E-state index contributed by atoms with van der Waals surface area (Å²) in [4.78, 5) is 45.8. The Morgan fingerprint density at radius 2 is 1.82 bits per heavy atom. The number of carbonyl (C=O) groups excluding carboxylic acids is 2. The monoisotopic (exact) mass is 568 g/mol. The van der Waals surface area contributed by atoms with Gasteiger partial charge in [-0.15, -0.1) is 11.3 Å². The first kappa shape index (κ1) is 26.2. The molecule has 11 heteroatoms. The van der Waals surface area contributed by atoms with Gasteiger partial charge in [0, 0.05) is 52.4 Å². The highest BCUT2D eigenvalue weighted by molar-refractivity contribution is 7.12. The molecule has 2 aliphatic heterocycles. The number of benzene rings is 2. The summed E-state index contributed by atoms with van der Waals surface area (Å²) in [7, 11) is 1.60. The smallest absolute Gasteiger partial charge is 0.336 e. The third-order valence-corrected chi connectivity index (χ3v) is 8.68. The lowest BCUT2D eigenvalue weighted by Gasteiger charge is -2.34. The summed E-state index contributed by atoms with van der Waals surface area (Å²) in [5, 5.41) is 19.5. The number of thiophene rings is 1. The molecule has 1 spiro atoms. The summed E-state index contributed by atoms with van der Waals surface area (Å²) < 4.78 is 0. The van der Waals surface area contributed by atoms with E-state index in [0.717, 1.165) is 15.3 Å². The van der Waals surface area contributed by atoms with Gasteiger partial charge in [0.15, 0.2) is 0 Å². The molecule has 0 radical (unpaired) electrons. The number of aromatic carboxylic acids is 1. The minimum Gasteiger partial charge on any atom is -0.478 e. The van der Waals surface area contributed by atoms with Gasteiger partial charge in [-0.2, -0.15) is 5.26 Å². The van der Waals surface area contributed by atoms with Gasteiger partial charge in [0.2, 0.25) is 0 Å². The number of nitrogens with zero attached hydrogens (tertiary/aromatic N) is 4. The zero-order chi connectivity index (χ0) is 27.4. The van der Waals surface area contributed by atoms with Crippen LogP contribution in [0.5, 0.6) is 0 Å². The van der Waals surface area contributed by atoms with Gasteiger partial charge in [-0.25, -0.2) is 14.5 Å². The van der Waals surface area contributed by atoms with Gasteiger partial charge in [0.05, 0.1) is 22.9 Å². The molecule has 3 aromatic rings. The summed E-state index contributed by atoms with van der Waals surface area (Å²) in [5.41, 5.74) is 0.526. The molecule has 1 N–H and O–H groups in total. The lowest BCUT2D eigenvalue weighted by molar-refractivity contribution is -0.124. The Balaban J connectivity index is 1.59. The molecule has 8 nitrogen and oxygen atoms in total. The Morgan fingerprint density at radius 3 is 2.42 bits per heavy atom. The van der Waals surface area contributed by atoms with Crippen LogP contribution in [-0.2, 0) is 11.3 Å². The van der Waals surface area contributed by atoms with Crippen LogP contribution in [0.4, 0.5) is 10.5 Å². The summed E-state index contributed by atoms with van der Waals surface area (Å²) in [6, 6.07) is 14.8. The Bertz CT molecular complexity index is 1500. The molecule has 2 atom stereocenters. The molecule has 0 aliphatic carbocycles. The SMILES string of the molecule is Cc1cc(C(=O)O)c(CN2C[C@@H](c3ccc(C#N)cc3)[C@]3(C2)C(=O)N(c2cc(Cl)cc(Cl)c2)C(=O)N3C)s1. The van der Waals surface area contributed by atoms with E-state index in [1.807, 2.05) is 11.8 Å². The van der Waals surface area contributed by atoms with Gasteiger partial charge >= 0.3 is 12.0 Å². The Kier molecular flexibility index (Phi) is 6.70. The highest BCUT2D eigenvalue weighted by Crippen LogP contribution is 2.47. The second-order valence-corrected chi connectivity index (χ2v) is 11.7. The summed E-state index contributed by atoms with van der Waals surface area (Å²) >= 11 is 13.8.